The molecule has 6 nitrogen and oxygen atoms in total. The molecule has 0 aliphatic heterocycles. The lowest BCUT2D eigenvalue weighted by Crippen LogP contribution is -2.39. The van der Waals surface area contributed by atoms with Gasteiger partial charge in [-0.3, -0.25) is 14.4 Å². The van der Waals surface area contributed by atoms with Crippen molar-refractivity contribution in [2.75, 3.05) is 19.6 Å². The van der Waals surface area contributed by atoms with Crippen LogP contribution in [0.2, 0.25) is 0 Å². The minimum atomic E-state index is -0.502. The number of nitrogens with one attached hydrogen (secondary N) is 1. The molecule has 1 saturated carbocycles. The lowest BCUT2D eigenvalue weighted by Gasteiger charge is -2.23. The lowest BCUT2D eigenvalue weighted by molar-refractivity contribution is 0.0745. The van der Waals surface area contributed by atoms with Gasteiger partial charge in [-0.05, 0) is 38.5 Å². The number of pyridine rings is 1. The zero-order valence-electron chi connectivity index (χ0n) is 16.7. The number of aromatic nitrogens is 1. The molecule has 0 bridgehead atoms. The summed E-state index contributed by atoms with van der Waals surface area (Å²) in [7, 11) is 0. The summed E-state index contributed by atoms with van der Waals surface area (Å²) in [6, 6.07) is 0.0751. The zero-order valence-corrected chi connectivity index (χ0v) is 16.7. The predicted molar refractivity (Wildman–Crippen MR) is 107 cm³/mol. The molecule has 1 fully saturated rings. The summed E-state index contributed by atoms with van der Waals surface area (Å²) in [5, 5.41) is 2.64. The van der Waals surface area contributed by atoms with Gasteiger partial charge in [-0.1, -0.05) is 19.9 Å². The maximum Gasteiger partial charge on any atom is 0.259 e. The van der Waals surface area contributed by atoms with E-state index in [1.807, 2.05) is 20.8 Å². The van der Waals surface area contributed by atoms with Gasteiger partial charge >= 0.3 is 0 Å². The van der Waals surface area contributed by atoms with Crippen LogP contribution in [0.25, 0.3) is 0 Å². The topological polar surface area (TPSA) is 71.4 Å². The quantitative estimate of drug-likeness (QED) is 0.641. The van der Waals surface area contributed by atoms with E-state index in [1.54, 1.807) is 27.9 Å². The Kier molecular flexibility index (Phi) is 7.39. The van der Waals surface area contributed by atoms with Crippen LogP contribution in [-0.2, 0) is 0 Å². The summed E-state index contributed by atoms with van der Waals surface area (Å²) in [5.41, 5.74) is -0.417. The highest BCUT2D eigenvalue weighted by molar-refractivity contribution is 5.99. The van der Waals surface area contributed by atoms with Crippen LogP contribution in [0.1, 0.15) is 73.2 Å². The van der Waals surface area contributed by atoms with E-state index < -0.39 is 11.3 Å². The SMILES string of the molecule is C=CCNC(=O)c1cn(C(C)CC)cc(C(=O)N(CCC)CC2CC2)c1=O. The fraction of sp³-hybridized carbons (Fsp3) is 0.571. The fourth-order valence-electron chi connectivity index (χ4n) is 2.97. The Morgan fingerprint density at radius 1 is 1.33 bits per heavy atom. The zero-order chi connectivity index (χ0) is 20.0. The molecular weight excluding hydrogens is 342 g/mol. The Labute approximate surface area is 161 Å². The maximum atomic E-state index is 13.1. The minimum Gasteiger partial charge on any atom is -0.350 e. The molecule has 0 saturated heterocycles. The van der Waals surface area contributed by atoms with Crippen molar-refractivity contribution in [1.82, 2.24) is 14.8 Å². The number of hydrogen-bond donors (Lipinski definition) is 1. The molecule has 1 N–H and O–H groups in total. The molecular formula is C21H31N3O3. The third-order valence-electron chi connectivity index (χ3n) is 4.98. The average molecular weight is 373 g/mol. The van der Waals surface area contributed by atoms with Crippen LogP contribution in [0, 0.1) is 5.92 Å². The number of carbonyl (C=O) groups is 2. The largest absolute Gasteiger partial charge is 0.350 e. The fourth-order valence-corrected chi connectivity index (χ4v) is 2.97. The summed E-state index contributed by atoms with van der Waals surface area (Å²) in [6.45, 7) is 11.2. The van der Waals surface area contributed by atoms with E-state index in [0.717, 1.165) is 25.7 Å². The van der Waals surface area contributed by atoms with Gasteiger partial charge in [-0.25, -0.2) is 0 Å². The van der Waals surface area contributed by atoms with Crippen molar-refractivity contribution in [3.8, 4) is 0 Å². The highest BCUT2D eigenvalue weighted by Gasteiger charge is 2.29. The van der Waals surface area contributed by atoms with Gasteiger partial charge < -0.3 is 14.8 Å². The highest BCUT2D eigenvalue weighted by atomic mass is 16.2. The van der Waals surface area contributed by atoms with Crippen LogP contribution < -0.4 is 10.7 Å². The van der Waals surface area contributed by atoms with Crippen molar-refractivity contribution < 1.29 is 9.59 Å². The Morgan fingerprint density at radius 2 is 2.00 bits per heavy atom. The second-order valence-electron chi connectivity index (χ2n) is 7.31. The number of nitrogens with zero attached hydrogens (tertiary/aromatic N) is 2. The van der Waals surface area contributed by atoms with Crippen LogP contribution >= 0.6 is 0 Å². The van der Waals surface area contributed by atoms with E-state index in [0.29, 0.717) is 19.0 Å². The molecule has 27 heavy (non-hydrogen) atoms. The van der Waals surface area contributed by atoms with Gasteiger partial charge in [0.05, 0.1) is 0 Å². The Morgan fingerprint density at radius 3 is 2.56 bits per heavy atom. The maximum absolute atomic E-state index is 13.1. The molecule has 2 amide bonds. The molecule has 2 rings (SSSR count). The van der Waals surface area contributed by atoms with Crippen LogP contribution in [-0.4, -0.2) is 40.9 Å². The number of rotatable bonds is 10. The summed E-state index contributed by atoms with van der Waals surface area (Å²) >= 11 is 0. The minimum absolute atomic E-state index is 0.00544. The first-order valence-electron chi connectivity index (χ1n) is 9.86. The van der Waals surface area contributed by atoms with E-state index in [-0.39, 0.29) is 29.6 Å². The van der Waals surface area contributed by atoms with Crippen LogP contribution in [0.3, 0.4) is 0 Å². The van der Waals surface area contributed by atoms with Crippen LogP contribution in [0.5, 0.6) is 0 Å². The summed E-state index contributed by atoms with van der Waals surface area (Å²) in [5.74, 6) is -0.212. The first kappa shape index (κ1) is 20.9. The Balaban J connectivity index is 2.45. The van der Waals surface area contributed by atoms with Gasteiger partial charge in [0.25, 0.3) is 11.8 Å². The Bertz CT molecular complexity index is 750. The average Bonchev–Trinajstić information content (AvgIpc) is 3.48. The van der Waals surface area contributed by atoms with Gasteiger partial charge in [-0.2, -0.15) is 0 Å². The normalized spacial score (nSPS) is 14.5. The smallest absolute Gasteiger partial charge is 0.259 e. The van der Waals surface area contributed by atoms with Crippen molar-refractivity contribution >= 4 is 11.8 Å². The molecule has 0 spiro atoms. The molecule has 1 aromatic heterocycles. The monoisotopic (exact) mass is 373 g/mol. The summed E-state index contributed by atoms with van der Waals surface area (Å²) in [6.07, 6.45) is 8.64. The lowest BCUT2D eigenvalue weighted by atomic mass is 10.1. The molecule has 1 aliphatic rings. The molecule has 6 heteroatoms. The summed E-state index contributed by atoms with van der Waals surface area (Å²) < 4.78 is 1.80. The molecule has 1 aliphatic carbocycles. The molecule has 1 aromatic rings. The second-order valence-corrected chi connectivity index (χ2v) is 7.31. The van der Waals surface area contributed by atoms with Gasteiger partial charge in [0.15, 0.2) is 0 Å². The van der Waals surface area contributed by atoms with Crippen molar-refractivity contribution in [3.63, 3.8) is 0 Å². The van der Waals surface area contributed by atoms with Crippen molar-refractivity contribution in [3.05, 3.63) is 46.4 Å². The van der Waals surface area contributed by atoms with Gasteiger partial charge in [-0.15, -0.1) is 6.58 Å². The van der Waals surface area contributed by atoms with Crippen LogP contribution in [0.4, 0.5) is 0 Å². The van der Waals surface area contributed by atoms with E-state index in [1.165, 1.54) is 0 Å². The van der Waals surface area contributed by atoms with E-state index in [4.69, 9.17) is 0 Å². The number of amides is 2. The summed E-state index contributed by atoms with van der Waals surface area (Å²) in [4.78, 5) is 40.3. The van der Waals surface area contributed by atoms with E-state index in [9.17, 15) is 14.4 Å². The van der Waals surface area contributed by atoms with Crippen LogP contribution in [0.15, 0.2) is 29.8 Å². The van der Waals surface area contributed by atoms with Gasteiger partial charge in [0, 0.05) is 38.1 Å². The van der Waals surface area contributed by atoms with Crippen molar-refractivity contribution in [2.24, 2.45) is 5.92 Å². The molecule has 1 heterocycles. The second kappa shape index (κ2) is 9.53. The highest BCUT2D eigenvalue weighted by Crippen LogP contribution is 2.30. The van der Waals surface area contributed by atoms with Crippen molar-refractivity contribution in [1.29, 1.82) is 0 Å². The molecule has 1 atom stereocenters. The third kappa shape index (κ3) is 5.31. The predicted octanol–water partition coefficient (Wildman–Crippen LogP) is 3.00. The third-order valence-corrected chi connectivity index (χ3v) is 4.98. The molecule has 148 valence electrons. The number of hydrogen-bond acceptors (Lipinski definition) is 3. The van der Waals surface area contributed by atoms with Gasteiger partial charge in [0.2, 0.25) is 5.43 Å². The first-order chi connectivity index (χ1) is 12.9. The standard InChI is InChI=1S/C21H31N3O3/c1-5-10-22-20(26)17-13-24(15(4)7-3)14-18(19(17)25)21(27)23(11-6-2)12-16-8-9-16/h5,13-16H,1,6-12H2,2-4H3,(H,22,26). The Hall–Kier alpha value is -2.37. The molecule has 0 radical (unpaired) electrons. The molecule has 0 aromatic carbocycles. The van der Waals surface area contributed by atoms with E-state index >= 15 is 0 Å². The first-order valence-corrected chi connectivity index (χ1v) is 9.86. The number of carbonyl (C=O) groups excluding carboxylic acids is 2. The van der Waals surface area contributed by atoms with Gasteiger partial charge in [0.1, 0.15) is 11.1 Å². The van der Waals surface area contributed by atoms with Crippen molar-refractivity contribution in [2.45, 2.75) is 52.5 Å². The molecule has 1 unspecified atom stereocenters. The van der Waals surface area contributed by atoms with E-state index in [2.05, 4.69) is 11.9 Å².